The van der Waals surface area contributed by atoms with Crippen molar-refractivity contribution in [1.82, 2.24) is 9.89 Å². The van der Waals surface area contributed by atoms with Crippen molar-refractivity contribution in [2.24, 2.45) is 5.14 Å². The third kappa shape index (κ3) is 6.90. The predicted octanol–water partition coefficient (Wildman–Crippen LogP) is 3.97. The molecule has 190 valence electrons. The molecule has 8 nitrogen and oxygen atoms in total. The highest BCUT2D eigenvalue weighted by Crippen LogP contribution is 2.31. The molecule has 0 saturated heterocycles. The monoisotopic (exact) mass is 542 g/mol. The van der Waals surface area contributed by atoms with E-state index in [1.165, 1.54) is 48.5 Å². The predicted molar refractivity (Wildman–Crippen MR) is 123 cm³/mol. The van der Waals surface area contributed by atoms with Crippen LogP contribution in [0, 0.1) is 5.82 Å². The van der Waals surface area contributed by atoms with Gasteiger partial charge in [-0.05, 0) is 54.6 Å². The first-order valence-corrected chi connectivity index (χ1v) is 12.9. The first-order valence-electron chi connectivity index (χ1n) is 9.86. The van der Waals surface area contributed by atoms with Crippen molar-refractivity contribution in [2.45, 2.75) is 16.0 Å². The van der Waals surface area contributed by atoms with E-state index in [0.29, 0.717) is 10.9 Å². The number of nitrogens with two attached hydrogens (primary N) is 1. The maximum atomic E-state index is 13.1. The molecule has 0 saturated carbocycles. The van der Waals surface area contributed by atoms with E-state index in [-0.39, 0.29) is 21.0 Å². The third-order valence-electron chi connectivity index (χ3n) is 4.47. The second-order valence-electron chi connectivity index (χ2n) is 7.10. The van der Waals surface area contributed by atoms with E-state index >= 15 is 0 Å². The second-order valence-corrected chi connectivity index (χ2v) is 10.3. The molecule has 0 spiro atoms. The first-order chi connectivity index (χ1) is 16.8. The fourth-order valence-corrected chi connectivity index (χ4v) is 4.32. The van der Waals surface area contributed by atoms with Crippen LogP contribution in [0.15, 0.2) is 101 Å². The molecule has 3 N–H and O–H groups in total. The van der Waals surface area contributed by atoms with Gasteiger partial charge in [0.2, 0.25) is 10.0 Å². The number of hydrogen-bond donors (Lipinski definition) is 2. The number of nitrogens with one attached hydrogen (secondary N) is 1. The van der Waals surface area contributed by atoms with Crippen LogP contribution >= 0.6 is 0 Å². The zero-order chi connectivity index (χ0) is 26.6. The van der Waals surface area contributed by atoms with E-state index in [1.54, 1.807) is 24.3 Å². The summed E-state index contributed by atoms with van der Waals surface area (Å²) >= 11 is 0. The van der Waals surface area contributed by atoms with Gasteiger partial charge in [-0.3, -0.25) is 0 Å². The number of rotatable bonds is 5. The lowest BCUT2D eigenvalue weighted by molar-refractivity contribution is -0.141. The summed E-state index contributed by atoms with van der Waals surface area (Å²) in [5, 5.41) is 8.13. The molecule has 1 heterocycles. The molecule has 0 aliphatic carbocycles. The first kappa shape index (κ1) is 26.8. The second kappa shape index (κ2) is 10.5. The summed E-state index contributed by atoms with van der Waals surface area (Å²) in [6.07, 6.45) is -4.78. The largest absolute Gasteiger partial charge is 0.435 e. The summed E-state index contributed by atoms with van der Waals surface area (Å²) in [6, 6.07) is 20.2. The van der Waals surface area contributed by atoms with Crippen molar-refractivity contribution >= 4 is 20.0 Å². The molecule has 0 bridgehead atoms. The molecule has 3 aromatic carbocycles. The summed E-state index contributed by atoms with van der Waals surface area (Å²) in [5.41, 5.74) is -1.31. The normalized spacial score (nSPS) is 11.9. The molecular formula is C22H18F4N4O4S2. The van der Waals surface area contributed by atoms with E-state index in [4.69, 9.17) is 5.14 Å². The van der Waals surface area contributed by atoms with Crippen LogP contribution in [-0.2, 0) is 26.2 Å². The summed E-state index contributed by atoms with van der Waals surface area (Å²) in [6.45, 7) is 0. The number of aromatic nitrogens is 2. The minimum absolute atomic E-state index is 0.144. The number of halogens is 4. The maximum Gasteiger partial charge on any atom is 0.435 e. The average Bonchev–Trinajstić information content (AvgIpc) is 3.24. The Morgan fingerprint density at radius 3 is 1.72 bits per heavy atom. The van der Waals surface area contributed by atoms with Crippen LogP contribution in [-0.4, -0.2) is 26.7 Å². The van der Waals surface area contributed by atoms with Gasteiger partial charge in [0.25, 0.3) is 10.0 Å². The Balaban J connectivity index is 0.000000303. The highest BCUT2D eigenvalue weighted by Gasteiger charge is 2.35. The third-order valence-corrected chi connectivity index (χ3v) is 6.71. The Labute approximate surface area is 204 Å². The lowest BCUT2D eigenvalue weighted by atomic mass is 10.1. The van der Waals surface area contributed by atoms with Gasteiger partial charge in [-0.2, -0.15) is 31.2 Å². The summed E-state index contributed by atoms with van der Waals surface area (Å²) in [4.78, 5) is 2.51. The van der Waals surface area contributed by atoms with Gasteiger partial charge >= 0.3 is 6.18 Å². The number of sulfonamides is 2. The molecule has 36 heavy (non-hydrogen) atoms. The van der Waals surface area contributed by atoms with E-state index < -0.39 is 37.7 Å². The number of benzene rings is 3. The van der Waals surface area contributed by atoms with Crippen LogP contribution < -0.4 is 9.97 Å². The van der Waals surface area contributed by atoms with Crippen LogP contribution in [0.2, 0.25) is 0 Å². The zero-order valence-corrected chi connectivity index (χ0v) is 19.7. The van der Waals surface area contributed by atoms with Gasteiger partial charge in [-0.15, -0.1) is 5.10 Å². The van der Waals surface area contributed by atoms with Crippen LogP contribution in [0.5, 0.6) is 0 Å². The standard InChI is InChI=1S/C16H11F4N3O2S.C6H7NO2S/c17-12-8-6-11(7-9-12)14-10-15(16(18,19)20)21-23(14)22-26(24,25)13-4-2-1-3-5-13;7-10(8,9)6-4-2-1-3-5-6/h1-10,22H;1-5H,(H2,7,8,9). The van der Waals surface area contributed by atoms with Crippen LogP contribution in [0.3, 0.4) is 0 Å². The summed E-state index contributed by atoms with van der Waals surface area (Å²) < 4.78 is 98.1. The molecule has 0 aliphatic heterocycles. The van der Waals surface area contributed by atoms with Crippen molar-refractivity contribution in [1.29, 1.82) is 0 Å². The van der Waals surface area contributed by atoms with E-state index in [9.17, 15) is 34.4 Å². The van der Waals surface area contributed by atoms with Gasteiger partial charge in [0.05, 0.1) is 15.5 Å². The molecule has 0 radical (unpaired) electrons. The van der Waals surface area contributed by atoms with Crippen molar-refractivity contribution in [3.8, 4) is 11.3 Å². The lowest BCUT2D eigenvalue weighted by Crippen LogP contribution is -2.25. The van der Waals surface area contributed by atoms with Crippen molar-refractivity contribution in [2.75, 3.05) is 4.83 Å². The van der Waals surface area contributed by atoms with Gasteiger partial charge in [-0.25, -0.2) is 17.9 Å². The Hall–Kier alpha value is -3.75. The molecule has 0 atom stereocenters. The van der Waals surface area contributed by atoms with E-state index in [0.717, 1.165) is 12.1 Å². The van der Waals surface area contributed by atoms with Crippen LogP contribution in [0.4, 0.5) is 17.6 Å². The van der Waals surface area contributed by atoms with Gasteiger partial charge in [0.1, 0.15) is 5.82 Å². The van der Waals surface area contributed by atoms with Crippen LogP contribution in [0.1, 0.15) is 5.69 Å². The fraction of sp³-hybridized carbons (Fsp3) is 0.0455. The minimum atomic E-state index is -4.78. The van der Waals surface area contributed by atoms with E-state index in [1.807, 2.05) is 4.83 Å². The van der Waals surface area contributed by atoms with Crippen LogP contribution in [0.25, 0.3) is 11.3 Å². The summed E-state index contributed by atoms with van der Waals surface area (Å²) in [5.74, 6) is -0.583. The molecule has 0 unspecified atom stereocenters. The SMILES string of the molecule is NS(=O)(=O)c1ccccc1.O=S(=O)(Nn1nc(C(F)(F)F)cc1-c1ccc(F)cc1)c1ccccc1. The number of nitrogens with zero attached hydrogens (tertiary/aromatic N) is 2. The molecular weight excluding hydrogens is 524 g/mol. The Morgan fingerprint density at radius 1 is 0.778 bits per heavy atom. The van der Waals surface area contributed by atoms with Gasteiger partial charge in [-0.1, -0.05) is 36.4 Å². The zero-order valence-electron chi connectivity index (χ0n) is 18.1. The lowest BCUT2D eigenvalue weighted by Gasteiger charge is -2.11. The topological polar surface area (TPSA) is 124 Å². The Bertz CT molecular complexity index is 1520. The number of primary sulfonamides is 1. The fourth-order valence-electron chi connectivity index (χ4n) is 2.79. The Kier molecular flexibility index (Phi) is 7.81. The maximum absolute atomic E-state index is 13.1. The molecule has 1 aromatic heterocycles. The molecule has 0 amide bonds. The highest BCUT2D eigenvalue weighted by molar-refractivity contribution is 7.92. The van der Waals surface area contributed by atoms with Gasteiger partial charge < -0.3 is 0 Å². The van der Waals surface area contributed by atoms with Gasteiger partial charge in [0.15, 0.2) is 5.69 Å². The van der Waals surface area contributed by atoms with Crippen molar-refractivity contribution in [3.05, 3.63) is 103 Å². The molecule has 0 aliphatic rings. The quantitative estimate of drug-likeness (QED) is 0.369. The van der Waals surface area contributed by atoms with Gasteiger partial charge in [0, 0.05) is 5.56 Å². The molecule has 14 heteroatoms. The minimum Gasteiger partial charge on any atom is -0.225 e. The number of alkyl halides is 3. The highest BCUT2D eigenvalue weighted by atomic mass is 32.2. The molecule has 4 rings (SSSR count). The number of hydrogen-bond acceptors (Lipinski definition) is 5. The van der Waals surface area contributed by atoms with E-state index in [2.05, 4.69) is 5.10 Å². The Morgan fingerprint density at radius 2 is 1.28 bits per heavy atom. The smallest absolute Gasteiger partial charge is 0.225 e. The summed E-state index contributed by atoms with van der Waals surface area (Å²) in [7, 11) is -7.68. The average molecular weight is 543 g/mol. The van der Waals surface area contributed by atoms with Crippen molar-refractivity contribution < 1.29 is 34.4 Å². The molecule has 4 aromatic rings. The molecule has 0 fully saturated rings. The van der Waals surface area contributed by atoms with Crippen molar-refractivity contribution in [3.63, 3.8) is 0 Å².